The van der Waals surface area contributed by atoms with E-state index in [1.807, 2.05) is 31.2 Å². The third-order valence-corrected chi connectivity index (χ3v) is 3.85. The van der Waals surface area contributed by atoms with Crippen molar-refractivity contribution in [2.24, 2.45) is 0 Å². The van der Waals surface area contributed by atoms with Crippen LogP contribution in [0, 0.1) is 17.0 Å². The molecule has 1 N–H and O–H groups in total. The van der Waals surface area contributed by atoms with Gasteiger partial charge in [-0.25, -0.2) is 0 Å². The van der Waals surface area contributed by atoms with Gasteiger partial charge in [0, 0.05) is 11.1 Å². The van der Waals surface area contributed by atoms with Gasteiger partial charge in [0.05, 0.1) is 17.2 Å². The summed E-state index contributed by atoms with van der Waals surface area (Å²) < 4.78 is 1.48. The molecule has 2 aromatic carbocycles. The highest BCUT2D eigenvalue weighted by atomic mass is 35.5. The van der Waals surface area contributed by atoms with Gasteiger partial charge in [0.1, 0.15) is 5.56 Å². The predicted octanol–water partition coefficient (Wildman–Crippen LogP) is 2.46. The molecule has 3 rings (SSSR count). The van der Waals surface area contributed by atoms with E-state index in [1.165, 1.54) is 22.9 Å². The fourth-order valence-electron chi connectivity index (χ4n) is 2.31. The molecule has 0 fully saturated rings. The average Bonchev–Trinajstić information content (AvgIpc) is 3.08. The number of nitro groups is 1. The fourth-order valence-corrected chi connectivity index (χ4v) is 2.48. The topological polar surface area (TPSA) is 116 Å². The lowest BCUT2D eigenvalue weighted by Gasteiger charge is -2.07. The molecule has 0 radical (unpaired) electrons. The van der Waals surface area contributed by atoms with E-state index < -0.39 is 10.8 Å². The Bertz CT molecular complexity index is 970. The van der Waals surface area contributed by atoms with E-state index in [9.17, 15) is 14.9 Å². The summed E-state index contributed by atoms with van der Waals surface area (Å²) in [5.74, 6) is -0.260. The Morgan fingerprint density at radius 1 is 1.27 bits per heavy atom. The standard InChI is InChI=1S/C16H13ClN6O3/c1-10-2-5-12(6-3-10)22-15(19-20-21-22)9-18-16(24)13-8-11(17)4-7-14(13)23(25)26/h2-8H,9H2,1H3,(H,18,24). The van der Waals surface area contributed by atoms with Crippen LogP contribution in [0.1, 0.15) is 21.7 Å². The number of rotatable bonds is 5. The SMILES string of the molecule is Cc1ccc(-n2nnnc2CNC(=O)c2cc(Cl)ccc2[N+](=O)[O-])cc1. The molecule has 9 nitrogen and oxygen atoms in total. The molecular formula is C16H13ClN6O3. The molecule has 0 saturated carbocycles. The van der Waals surface area contributed by atoms with Gasteiger partial charge in [0.2, 0.25) is 0 Å². The van der Waals surface area contributed by atoms with Crippen LogP contribution in [0.5, 0.6) is 0 Å². The highest BCUT2D eigenvalue weighted by Gasteiger charge is 2.21. The first kappa shape index (κ1) is 17.5. The molecule has 0 aliphatic rings. The van der Waals surface area contributed by atoms with E-state index >= 15 is 0 Å². The van der Waals surface area contributed by atoms with Crippen LogP contribution in [0.2, 0.25) is 5.02 Å². The Labute approximate surface area is 152 Å². The summed E-state index contributed by atoms with van der Waals surface area (Å²) in [7, 11) is 0. The van der Waals surface area contributed by atoms with Crippen molar-refractivity contribution in [2.75, 3.05) is 0 Å². The van der Waals surface area contributed by atoms with Crippen molar-refractivity contribution in [3.05, 3.63) is 74.6 Å². The number of hydrogen-bond donors (Lipinski definition) is 1. The number of benzene rings is 2. The zero-order chi connectivity index (χ0) is 18.7. The van der Waals surface area contributed by atoms with Crippen molar-refractivity contribution in [3.8, 4) is 5.69 Å². The number of aryl methyl sites for hydroxylation is 1. The molecule has 1 heterocycles. The molecule has 10 heteroatoms. The predicted molar refractivity (Wildman–Crippen MR) is 93.2 cm³/mol. The molecule has 0 saturated heterocycles. The molecule has 0 atom stereocenters. The maximum Gasteiger partial charge on any atom is 0.282 e. The van der Waals surface area contributed by atoms with Crippen molar-refractivity contribution in [3.63, 3.8) is 0 Å². The number of hydrogen-bond acceptors (Lipinski definition) is 6. The fraction of sp³-hybridized carbons (Fsp3) is 0.125. The molecule has 0 bridgehead atoms. The van der Waals surface area contributed by atoms with Gasteiger partial charge >= 0.3 is 0 Å². The summed E-state index contributed by atoms with van der Waals surface area (Å²) in [4.78, 5) is 22.8. The smallest absolute Gasteiger partial charge is 0.282 e. The van der Waals surface area contributed by atoms with E-state index in [4.69, 9.17) is 11.6 Å². The van der Waals surface area contributed by atoms with Crippen LogP contribution in [-0.2, 0) is 6.54 Å². The highest BCUT2D eigenvalue weighted by Crippen LogP contribution is 2.22. The van der Waals surface area contributed by atoms with E-state index in [0.29, 0.717) is 5.82 Å². The summed E-state index contributed by atoms with van der Waals surface area (Å²) >= 11 is 5.84. The number of carbonyl (C=O) groups is 1. The van der Waals surface area contributed by atoms with E-state index in [-0.39, 0.29) is 22.8 Å². The molecule has 0 aliphatic carbocycles. The Morgan fingerprint density at radius 3 is 2.69 bits per heavy atom. The van der Waals surface area contributed by atoms with Crippen LogP contribution in [0.25, 0.3) is 5.69 Å². The quantitative estimate of drug-likeness (QED) is 0.543. The van der Waals surface area contributed by atoms with Gasteiger partial charge in [-0.1, -0.05) is 29.3 Å². The maximum absolute atomic E-state index is 12.4. The second-order valence-electron chi connectivity index (χ2n) is 5.44. The van der Waals surface area contributed by atoms with Gasteiger partial charge < -0.3 is 5.32 Å². The number of nitrogens with one attached hydrogen (secondary N) is 1. The number of halogens is 1. The minimum absolute atomic E-state index is 0.0105. The van der Waals surface area contributed by atoms with E-state index in [2.05, 4.69) is 20.8 Å². The monoisotopic (exact) mass is 372 g/mol. The molecule has 3 aromatic rings. The third kappa shape index (κ3) is 3.67. The minimum Gasteiger partial charge on any atom is -0.344 e. The number of nitrogens with zero attached hydrogens (tertiary/aromatic N) is 5. The summed E-state index contributed by atoms with van der Waals surface area (Å²) in [6.07, 6.45) is 0. The largest absolute Gasteiger partial charge is 0.344 e. The van der Waals surface area contributed by atoms with Crippen LogP contribution in [-0.4, -0.2) is 31.0 Å². The molecule has 0 spiro atoms. The van der Waals surface area contributed by atoms with Crippen molar-refractivity contribution in [2.45, 2.75) is 13.5 Å². The molecule has 1 aromatic heterocycles. The van der Waals surface area contributed by atoms with Crippen LogP contribution in [0.3, 0.4) is 0 Å². The summed E-state index contributed by atoms with van der Waals surface area (Å²) in [6.45, 7) is 1.95. The van der Waals surface area contributed by atoms with Crippen molar-refractivity contribution in [1.29, 1.82) is 0 Å². The number of tetrazole rings is 1. The van der Waals surface area contributed by atoms with Gasteiger partial charge in [-0.05, 0) is 41.6 Å². The van der Waals surface area contributed by atoms with E-state index in [0.717, 1.165) is 11.3 Å². The lowest BCUT2D eigenvalue weighted by atomic mass is 10.1. The average molecular weight is 373 g/mol. The first-order valence-electron chi connectivity index (χ1n) is 7.52. The Morgan fingerprint density at radius 2 is 2.00 bits per heavy atom. The van der Waals surface area contributed by atoms with Gasteiger partial charge in [-0.15, -0.1) is 5.10 Å². The molecular weight excluding hydrogens is 360 g/mol. The third-order valence-electron chi connectivity index (χ3n) is 3.62. The molecule has 0 aliphatic heterocycles. The highest BCUT2D eigenvalue weighted by molar-refractivity contribution is 6.31. The molecule has 1 amide bonds. The first-order valence-corrected chi connectivity index (χ1v) is 7.90. The number of aromatic nitrogens is 4. The van der Waals surface area contributed by atoms with Gasteiger partial charge in [-0.3, -0.25) is 14.9 Å². The zero-order valence-electron chi connectivity index (χ0n) is 13.6. The number of amides is 1. The van der Waals surface area contributed by atoms with Gasteiger partial charge in [0.15, 0.2) is 5.82 Å². The van der Waals surface area contributed by atoms with Gasteiger partial charge in [0.25, 0.3) is 11.6 Å². The van der Waals surface area contributed by atoms with Crippen molar-refractivity contribution < 1.29 is 9.72 Å². The number of nitro benzene ring substituents is 1. The lowest BCUT2D eigenvalue weighted by molar-refractivity contribution is -0.385. The van der Waals surface area contributed by atoms with E-state index in [1.54, 1.807) is 0 Å². The van der Waals surface area contributed by atoms with Crippen LogP contribution < -0.4 is 5.32 Å². The maximum atomic E-state index is 12.4. The summed E-state index contributed by atoms with van der Waals surface area (Å²) in [6, 6.07) is 11.3. The molecule has 0 unspecified atom stereocenters. The Kier molecular flexibility index (Phi) is 4.90. The normalized spacial score (nSPS) is 10.5. The minimum atomic E-state index is -0.641. The van der Waals surface area contributed by atoms with Gasteiger partial charge in [-0.2, -0.15) is 4.68 Å². The first-order chi connectivity index (χ1) is 12.5. The zero-order valence-corrected chi connectivity index (χ0v) is 14.3. The van der Waals surface area contributed by atoms with Crippen molar-refractivity contribution in [1.82, 2.24) is 25.5 Å². The Balaban J connectivity index is 1.80. The Hall–Kier alpha value is -3.33. The second-order valence-corrected chi connectivity index (χ2v) is 5.88. The molecule has 26 heavy (non-hydrogen) atoms. The summed E-state index contributed by atoms with van der Waals surface area (Å²) in [5, 5.41) is 25.3. The van der Waals surface area contributed by atoms with Crippen LogP contribution in [0.15, 0.2) is 42.5 Å². The lowest BCUT2D eigenvalue weighted by Crippen LogP contribution is -2.25. The number of carbonyl (C=O) groups excluding carboxylic acids is 1. The second kappa shape index (κ2) is 7.28. The van der Waals surface area contributed by atoms with Crippen molar-refractivity contribution >= 4 is 23.2 Å². The van der Waals surface area contributed by atoms with Crippen LogP contribution >= 0.6 is 11.6 Å². The van der Waals surface area contributed by atoms with Crippen LogP contribution in [0.4, 0.5) is 5.69 Å². The summed E-state index contributed by atoms with van der Waals surface area (Å²) in [5.41, 5.74) is 1.37. The molecule has 132 valence electrons.